The molecule has 2 aliphatic rings. The Morgan fingerprint density at radius 1 is 1.54 bits per heavy atom. The molecular weight excluding hydrogens is 168 g/mol. The van der Waals surface area contributed by atoms with Gasteiger partial charge in [-0.3, -0.25) is 9.59 Å². The molecule has 0 aromatic rings. The Kier molecular flexibility index (Phi) is 1.90. The fraction of sp³-hybridized carbons (Fsp3) is 0.800. The van der Waals surface area contributed by atoms with Gasteiger partial charge >= 0.3 is 5.97 Å². The third-order valence-electron chi connectivity index (χ3n) is 3.57. The van der Waals surface area contributed by atoms with Gasteiger partial charge in [-0.2, -0.15) is 0 Å². The number of hydrogen-bond acceptors (Lipinski definition) is 3. The lowest BCUT2D eigenvalue weighted by Crippen LogP contribution is -2.53. The van der Waals surface area contributed by atoms with Gasteiger partial charge in [0.1, 0.15) is 5.78 Å². The van der Waals surface area contributed by atoms with Crippen LogP contribution in [-0.2, 0) is 14.3 Å². The SMILES string of the molecule is COC(=O)C12CCCC(=O)C1CC2. The largest absolute Gasteiger partial charge is 0.469 e. The summed E-state index contributed by atoms with van der Waals surface area (Å²) in [6.45, 7) is 0. The molecule has 2 unspecified atom stereocenters. The molecule has 2 fully saturated rings. The summed E-state index contributed by atoms with van der Waals surface area (Å²) in [5.74, 6) is 0.0772. The maximum absolute atomic E-state index is 11.5. The first-order chi connectivity index (χ1) is 6.20. The maximum atomic E-state index is 11.5. The van der Waals surface area contributed by atoms with E-state index in [9.17, 15) is 9.59 Å². The van der Waals surface area contributed by atoms with Gasteiger partial charge in [0, 0.05) is 12.3 Å². The molecule has 0 saturated heterocycles. The zero-order valence-corrected chi connectivity index (χ0v) is 7.84. The topological polar surface area (TPSA) is 43.4 Å². The van der Waals surface area contributed by atoms with Crippen LogP contribution in [0, 0.1) is 11.3 Å². The van der Waals surface area contributed by atoms with Crippen LogP contribution in [-0.4, -0.2) is 18.9 Å². The number of fused-ring (bicyclic) bond motifs is 1. The van der Waals surface area contributed by atoms with Crippen molar-refractivity contribution in [1.29, 1.82) is 0 Å². The van der Waals surface area contributed by atoms with E-state index in [0.717, 1.165) is 25.7 Å². The summed E-state index contributed by atoms with van der Waals surface area (Å²) in [4.78, 5) is 23.0. The Morgan fingerprint density at radius 3 is 2.85 bits per heavy atom. The third-order valence-corrected chi connectivity index (χ3v) is 3.57. The second-order valence-corrected chi connectivity index (χ2v) is 4.06. The van der Waals surface area contributed by atoms with Crippen LogP contribution in [0.5, 0.6) is 0 Å². The average molecular weight is 182 g/mol. The smallest absolute Gasteiger partial charge is 0.312 e. The molecule has 0 bridgehead atoms. The Morgan fingerprint density at radius 2 is 2.31 bits per heavy atom. The lowest BCUT2D eigenvalue weighted by molar-refractivity contribution is -0.173. The van der Waals surface area contributed by atoms with Crippen molar-refractivity contribution in [3.63, 3.8) is 0 Å². The van der Waals surface area contributed by atoms with E-state index >= 15 is 0 Å². The van der Waals surface area contributed by atoms with E-state index < -0.39 is 5.41 Å². The van der Waals surface area contributed by atoms with E-state index in [0.29, 0.717) is 6.42 Å². The highest BCUT2D eigenvalue weighted by Gasteiger charge is 2.57. The van der Waals surface area contributed by atoms with E-state index in [1.54, 1.807) is 0 Å². The van der Waals surface area contributed by atoms with E-state index in [2.05, 4.69) is 0 Å². The van der Waals surface area contributed by atoms with Crippen LogP contribution in [0.4, 0.5) is 0 Å². The minimum absolute atomic E-state index is 0.0197. The number of rotatable bonds is 1. The van der Waals surface area contributed by atoms with Gasteiger partial charge in [0.25, 0.3) is 0 Å². The summed E-state index contributed by atoms with van der Waals surface area (Å²) in [5.41, 5.74) is -0.413. The van der Waals surface area contributed by atoms with Gasteiger partial charge in [0.05, 0.1) is 12.5 Å². The summed E-state index contributed by atoms with van der Waals surface area (Å²) < 4.78 is 4.77. The van der Waals surface area contributed by atoms with Crippen molar-refractivity contribution in [1.82, 2.24) is 0 Å². The van der Waals surface area contributed by atoms with E-state index in [1.807, 2.05) is 0 Å². The van der Waals surface area contributed by atoms with Crippen molar-refractivity contribution in [3.05, 3.63) is 0 Å². The van der Waals surface area contributed by atoms with Gasteiger partial charge in [-0.25, -0.2) is 0 Å². The monoisotopic (exact) mass is 182 g/mol. The molecule has 2 rings (SSSR count). The van der Waals surface area contributed by atoms with Gasteiger partial charge in [0.2, 0.25) is 0 Å². The normalized spacial score (nSPS) is 37.6. The molecule has 2 atom stereocenters. The fourth-order valence-corrected chi connectivity index (χ4v) is 2.71. The van der Waals surface area contributed by atoms with E-state index in [-0.39, 0.29) is 17.7 Å². The minimum Gasteiger partial charge on any atom is -0.469 e. The number of hydrogen-bond donors (Lipinski definition) is 0. The molecular formula is C10H14O3. The highest BCUT2D eigenvalue weighted by atomic mass is 16.5. The standard InChI is InChI=1S/C10H14O3/c1-13-9(12)10-5-2-3-8(11)7(10)4-6-10/h7H,2-6H2,1H3. The zero-order valence-electron chi connectivity index (χ0n) is 7.84. The Balaban J connectivity index is 2.21. The van der Waals surface area contributed by atoms with Crippen LogP contribution >= 0.6 is 0 Å². The predicted molar refractivity (Wildman–Crippen MR) is 46.0 cm³/mol. The molecule has 0 spiro atoms. The molecule has 72 valence electrons. The van der Waals surface area contributed by atoms with Crippen LogP contribution in [0.2, 0.25) is 0 Å². The van der Waals surface area contributed by atoms with Gasteiger partial charge in [-0.1, -0.05) is 0 Å². The van der Waals surface area contributed by atoms with Gasteiger partial charge < -0.3 is 4.74 Å². The zero-order chi connectivity index (χ0) is 9.47. The minimum atomic E-state index is -0.413. The van der Waals surface area contributed by atoms with Crippen molar-refractivity contribution < 1.29 is 14.3 Å². The molecule has 13 heavy (non-hydrogen) atoms. The first-order valence-electron chi connectivity index (χ1n) is 4.82. The average Bonchev–Trinajstić information content (AvgIpc) is 2.07. The molecule has 2 aliphatic carbocycles. The highest BCUT2D eigenvalue weighted by Crippen LogP contribution is 2.54. The maximum Gasteiger partial charge on any atom is 0.312 e. The van der Waals surface area contributed by atoms with Gasteiger partial charge in [-0.05, 0) is 25.7 Å². The summed E-state index contributed by atoms with van der Waals surface area (Å²) in [5, 5.41) is 0. The summed E-state index contributed by atoms with van der Waals surface area (Å²) in [6.07, 6.45) is 4.08. The summed E-state index contributed by atoms with van der Waals surface area (Å²) >= 11 is 0. The number of Topliss-reactive ketones (excluding diaryl/α,β-unsaturated/α-hetero) is 1. The molecule has 0 aliphatic heterocycles. The molecule has 0 heterocycles. The molecule has 0 amide bonds. The Bertz CT molecular complexity index is 259. The van der Waals surface area contributed by atoms with Crippen molar-refractivity contribution in [2.75, 3.05) is 7.11 Å². The third kappa shape index (κ3) is 1.02. The summed E-state index contributed by atoms with van der Waals surface area (Å²) in [7, 11) is 1.41. The van der Waals surface area contributed by atoms with Crippen LogP contribution in [0.1, 0.15) is 32.1 Å². The van der Waals surface area contributed by atoms with Gasteiger partial charge in [-0.15, -0.1) is 0 Å². The molecule has 0 radical (unpaired) electrons. The Labute approximate surface area is 77.4 Å². The fourth-order valence-electron chi connectivity index (χ4n) is 2.71. The number of methoxy groups -OCH3 is 1. The van der Waals surface area contributed by atoms with E-state index in [1.165, 1.54) is 7.11 Å². The van der Waals surface area contributed by atoms with Crippen molar-refractivity contribution in [2.24, 2.45) is 11.3 Å². The number of carbonyl (C=O) groups is 2. The molecule has 3 nitrogen and oxygen atoms in total. The van der Waals surface area contributed by atoms with Crippen LogP contribution in [0.15, 0.2) is 0 Å². The second kappa shape index (κ2) is 2.82. The number of esters is 1. The Hall–Kier alpha value is -0.860. The van der Waals surface area contributed by atoms with Gasteiger partial charge in [0.15, 0.2) is 0 Å². The second-order valence-electron chi connectivity index (χ2n) is 4.06. The van der Waals surface area contributed by atoms with Crippen molar-refractivity contribution in [3.8, 4) is 0 Å². The summed E-state index contributed by atoms with van der Waals surface area (Å²) in [6, 6.07) is 0. The first-order valence-corrected chi connectivity index (χ1v) is 4.82. The lowest BCUT2D eigenvalue weighted by atomic mass is 9.53. The van der Waals surface area contributed by atoms with Crippen molar-refractivity contribution in [2.45, 2.75) is 32.1 Å². The van der Waals surface area contributed by atoms with Crippen LogP contribution < -0.4 is 0 Å². The van der Waals surface area contributed by atoms with Crippen molar-refractivity contribution >= 4 is 11.8 Å². The molecule has 0 N–H and O–H groups in total. The number of ketones is 1. The number of carbonyl (C=O) groups excluding carboxylic acids is 2. The number of ether oxygens (including phenoxy) is 1. The quantitative estimate of drug-likeness (QED) is 0.574. The predicted octanol–water partition coefficient (Wildman–Crippen LogP) is 1.31. The molecule has 0 aromatic carbocycles. The first kappa shape index (κ1) is 8.73. The lowest BCUT2D eigenvalue weighted by Gasteiger charge is -2.48. The molecule has 2 saturated carbocycles. The van der Waals surface area contributed by atoms with Crippen LogP contribution in [0.3, 0.4) is 0 Å². The van der Waals surface area contributed by atoms with Crippen LogP contribution in [0.25, 0.3) is 0 Å². The van der Waals surface area contributed by atoms with E-state index in [4.69, 9.17) is 4.74 Å². The molecule has 0 aromatic heterocycles. The highest BCUT2D eigenvalue weighted by molar-refractivity contribution is 5.92. The molecule has 3 heteroatoms.